The van der Waals surface area contributed by atoms with E-state index in [2.05, 4.69) is 10.1 Å². The molecule has 0 amide bonds. The summed E-state index contributed by atoms with van der Waals surface area (Å²) < 4.78 is 1.97. The molecule has 0 saturated heterocycles. The fourth-order valence-corrected chi connectivity index (χ4v) is 3.89. The summed E-state index contributed by atoms with van der Waals surface area (Å²) in [6.45, 7) is 0.244. The lowest BCUT2D eigenvalue weighted by Gasteiger charge is -2.03. The highest BCUT2D eigenvalue weighted by molar-refractivity contribution is 7.15. The van der Waals surface area contributed by atoms with Gasteiger partial charge >= 0.3 is 0 Å². The van der Waals surface area contributed by atoms with Crippen LogP contribution >= 0.6 is 46.1 Å². The van der Waals surface area contributed by atoms with Gasteiger partial charge in [-0.25, -0.2) is 4.98 Å². The largest absolute Gasteiger partial charge is 0.391 e. The van der Waals surface area contributed by atoms with Crippen LogP contribution in [0.25, 0.3) is 16.2 Å². The van der Waals surface area contributed by atoms with Crippen molar-refractivity contribution in [3.63, 3.8) is 0 Å². The molecule has 0 N–H and O–H groups in total. The van der Waals surface area contributed by atoms with E-state index in [4.69, 9.17) is 39.6 Å². The number of thiazole rings is 1. The zero-order valence-corrected chi connectivity index (χ0v) is 16.9. The number of imidazole rings is 1. The maximum Gasteiger partial charge on any atom is 0.194 e. The molecule has 0 atom stereocenters. The van der Waals surface area contributed by atoms with E-state index in [1.165, 1.54) is 0 Å². The van der Waals surface area contributed by atoms with Crippen molar-refractivity contribution in [1.29, 1.82) is 0 Å². The molecule has 2 aromatic heterocycles. The molecule has 8 heteroatoms. The topological polar surface area (TPSA) is 38.9 Å². The fraction of sp³-hybridized carbons (Fsp3) is 0.0526. The van der Waals surface area contributed by atoms with Crippen LogP contribution in [0.4, 0.5) is 0 Å². The van der Waals surface area contributed by atoms with Gasteiger partial charge < -0.3 is 4.84 Å². The van der Waals surface area contributed by atoms with Crippen LogP contribution in [-0.2, 0) is 11.4 Å². The monoisotopic (exact) mass is 435 g/mol. The number of nitrogens with zero attached hydrogens (tertiary/aromatic N) is 3. The molecule has 0 aliphatic carbocycles. The first-order valence-corrected chi connectivity index (χ1v) is 9.94. The van der Waals surface area contributed by atoms with Crippen molar-refractivity contribution in [2.24, 2.45) is 5.16 Å². The Kier molecular flexibility index (Phi) is 5.36. The Bertz CT molecular complexity index is 1120. The molecule has 4 nitrogen and oxygen atoms in total. The van der Waals surface area contributed by atoms with Crippen LogP contribution in [0.3, 0.4) is 0 Å². The molecule has 0 bridgehead atoms. The van der Waals surface area contributed by atoms with Crippen molar-refractivity contribution in [3.8, 4) is 11.3 Å². The first-order valence-electron chi connectivity index (χ1n) is 7.92. The SMILES string of the molecule is Clc1ccc(-c2nc3sccn3c2C=NOCc2ccc(Cl)cc2Cl)cc1. The molecule has 0 saturated carbocycles. The van der Waals surface area contributed by atoms with Gasteiger partial charge in [0.1, 0.15) is 6.61 Å². The lowest BCUT2D eigenvalue weighted by Crippen LogP contribution is -1.94. The summed E-state index contributed by atoms with van der Waals surface area (Å²) >= 11 is 19.6. The van der Waals surface area contributed by atoms with Gasteiger partial charge in [-0.3, -0.25) is 4.40 Å². The predicted octanol–water partition coefficient (Wildman–Crippen LogP) is 6.57. The number of hydrogen-bond acceptors (Lipinski definition) is 4. The van der Waals surface area contributed by atoms with Gasteiger partial charge in [0, 0.05) is 37.8 Å². The third-order valence-corrected chi connectivity index (χ3v) is 5.50. The second kappa shape index (κ2) is 7.90. The first kappa shape index (κ1) is 18.3. The highest BCUT2D eigenvalue weighted by Crippen LogP contribution is 2.27. The number of oxime groups is 1. The molecule has 27 heavy (non-hydrogen) atoms. The van der Waals surface area contributed by atoms with Crippen LogP contribution in [0.5, 0.6) is 0 Å². The summed E-state index contributed by atoms with van der Waals surface area (Å²) in [6, 6.07) is 12.8. The van der Waals surface area contributed by atoms with E-state index in [1.807, 2.05) is 46.3 Å². The molecule has 0 aliphatic heterocycles. The lowest BCUT2D eigenvalue weighted by atomic mass is 10.1. The van der Waals surface area contributed by atoms with Crippen molar-refractivity contribution in [2.75, 3.05) is 0 Å². The van der Waals surface area contributed by atoms with Crippen LogP contribution in [0.15, 0.2) is 59.2 Å². The van der Waals surface area contributed by atoms with Crippen molar-refractivity contribution in [3.05, 3.63) is 80.4 Å². The van der Waals surface area contributed by atoms with Crippen LogP contribution in [0, 0.1) is 0 Å². The first-order chi connectivity index (χ1) is 13.1. The Morgan fingerprint density at radius 1 is 1.07 bits per heavy atom. The van der Waals surface area contributed by atoms with Gasteiger partial charge in [0.25, 0.3) is 0 Å². The van der Waals surface area contributed by atoms with Crippen LogP contribution < -0.4 is 0 Å². The standard InChI is InChI=1S/C19H12Cl3N3OS/c20-14-4-1-12(2-5-14)18-17(25-7-8-27-19(25)24-18)10-23-26-11-13-3-6-15(21)9-16(13)22/h1-10H,11H2. The van der Waals surface area contributed by atoms with Gasteiger partial charge in [-0.1, -0.05) is 58.2 Å². The fourth-order valence-electron chi connectivity index (χ4n) is 2.58. The zero-order valence-electron chi connectivity index (χ0n) is 13.8. The second-order valence-electron chi connectivity index (χ2n) is 5.65. The lowest BCUT2D eigenvalue weighted by molar-refractivity contribution is 0.132. The van der Waals surface area contributed by atoms with E-state index in [9.17, 15) is 0 Å². The van der Waals surface area contributed by atoms with E-state index >= 15 is 0 Å². The predicted molar refractivity (Wildman–Crippen MR) is 112 cm³/mol. The number of rotatable bonds is 5. The number of halogens is 3. The molecule has 4 aromatic rings. The highest BCUT2D eigenvalue weighted by atomic mass is 35.5. The van der Waals surface area contributed by atoms with Crippen molar-refractivity contribution < 1.29 is 4.84 Å². The van der Waals surface area contributed by atoms with Gasteiger partial charge in [0.15, 0.2) is 4.96 Å². The van der Waals surface area contributed by atoms with Crippen LogP contribution in [0.1, 0.15) is 11.3 Å². The van der Waals surface area contributed by atoms with E-state index < -0.39 is 0 Å². The summed E-state index contributed by atoms with van der Waals surface area (Å²) in [5, 5.41) is 7.89. The van der Waals surface area contributed by atoms with Crippen LogP contribution in [0.2, 0.25) is 15.1 Å². The molecule has 0 radical (unpaired) electrons. The molecule has 136 valence electrons. The van der Waals surface area contributed by atoms with Gasteiger partial charge in [-0.2, -0.15) is 0 Å². The van der Waals surface area contributed by atoms with E-state index in [0.717, 1.165) is 27.5 Å². The summed E-state index contributed by atoms with van der Waals surface area (Å²) in [4.78, 5) is 11.0. The molecular formula is C19H12Cl3N3OS. The Morgan fingerprint density at radius 3 is 2.63 bits per heavy atom. The molecule has 0 fully saturated rings. The zero-order chi connectivity index (χ0) is 18.8. The summed E-state index contributed by atoms with van der Waals surface area (Å²) in [5.41, 5.74) is 3.41. The van der Waals surface area contributed by atoms with Gasteiger partial charge in [0.05, 0.1) is 17.6 Å². The third kappa shape index (κ3) is 3.96. The quantitative estimate of drug-likeness (QED) is 0.262. The number of hydrogen-bond donors (Lipinski definition) is 0. The van der Waals surface area contributed by atoms with E-state index in [0.29, 0.717) is 15.1 Å². The molecule has 2 aromatic carbocycles. The maximum atomic E-state index is 6.15. The average molecular weight is 437 g/mol. The van der Waals surface area contributed by atoms with Crippen molar-refractivity contribution in [2.45, 2.75) is 6.61 Å². The van der Waals surface area contributed by atoms with Gasteiger partial charge in [-0.05, 0) is 24.3 Å². The van der Waals surface area contributed by atoms with E-state index in [1.54, 1.807) is 29.7 Å². The van der Waals surface area contributed by atoms with Crippen molar-refractivity contribution >= 4 is 57.3 Å². The maximum absolute atomic E-state index is 6.15. The highest BCUT2D eigenvalue weighted by Gasteiger charge is 2.13. The summed E-state index contributed by atoms with van der Waals surface area (Å²) in [7, 11) is 0. The Balaban J connectivity index is 1.59. The second-order valence-corrected chi connectivity index (χ2v) is 7.80. The number of benzene rings is 2. The summed E-state index contributed by atoms with van der Waals surface area (Å²) in [5.74, 6) is 0. The Morgan fingerprint density at radius 2 is 1.85 bits per heavy atom. The number of aromatic nitrogens is 2. The Hall–Kier alpha value is -2.05. The minimum Gasteiger partial charge on any atom is -0.391 e. The minimum absolute atomic E-state index is 0.244. The smallest absolute Gasteiger partial charge is 0.194 e. The minimum atomic E-state index is 0.244. The van der Waals surface area contributed by atoms with Gasteiger partial charge in [-0.15, -0.1) is 11.3 Å². The Labute approximate surface area is 174 Å². The molecule has 0 spiro atoms. The molecule has 0 aliphatic rings. The molecule has 2 heterocycles. The normalized spacial score (nSPS) is 11.5. The third-order valence-electron chi connectivity index (χ3n) is 3.90. The molecular weight excluding hydrogens is 425 g/mol. The van der Waals surface area contributed by atoms with E-state index in [-0.39, 0.29) is 6.61 Å². The molecule has 4 rings (SSSR count). The average Bonchev–Trinajstić information content (AvgIpc) is 3.23. The summed E-state index contributed by atoms with van der Waals surface area (Å²) in [6.07, 6.45) is 3.60. The van der Waals surface area contributed by atoms with Crippen LogP contribution in [-0.4, -0.2) is 15.6 Å². The number of fused-ring (bicyclic) bond motifs is 1. The van der Waals surface area contributed by atoms with Crippen molar-refractivity contribution in [1.82, 2.24) is 9.38 Å². The molecule has 0 unspecified atom stereocenters. The van der Waals surface area contributed by atoms with Gasteiger partial charge in [0.2, 0.25) is 0 Å².